The van der Waals surface area contributed by atoms with Crippen molar-refractivity contribution in [2.45, 2.75) is 44.9 Å². The standard InChI is InChI=1S/C16H25N3O3S/c17-16-15-13(18-23(21)19-16)9-8-10-14(15)22-12-7-5-3-1-2-4-6-11-20/h8-10,18,20H,1-7,11-12H2,(H2,17,19). The summed E-state index contributed by atoms with van der Waals surface area (Å²) < 4.78 is 23.9. The van der Waals surface area contributed by atoms with E-state index in [-0.39, 0.29) is 5.84 Å². The molecule has 0 aromatic heterocycles. The first-order valence-corrected chi connectivity index (χ1v) is 9.23. The molecule has 7 heteroatoms. The van der Waals surface area contributed by atoms with Crippen molar-refractivity contribution in [1.29, 1.82) is 0 Å². The van der Waals surface area contributed by atoms with Crippen molar-refractivity contribution in [2.24, 2.45) is 10.1 Å². The number of nitrogens with two attached hydrogens (primary N) is 1. The molecule has 1 aromatic carbocycles. The van der Waals surface area contributed by atoms with E-state index in [1.54, 1.807) is 0 Å². The zero-order chi connectivity index (χ0) is 16.5. The number of fused-ring (bicyclic) bond motifs is 1. The molecular formula is C16H25N3O3S. The van der Waals surface area contributed by atoms with Crippen LogP contribution in [0.5, 0.6) is 5.75 Å². The summed E-state index contributed by atoms with van der Waals surface area (Å²) in [6.45, 7) is 0.924. The van der Waals surface area contributed by atoms with Crippen LogP contribution in [0.2, 0.25) is 0 Å². The third-order valence-electron chi connectivity index (χ3n) is 3.72. The second-order valence-electron chi connectivity index (χ2n) is 5.55. The molecule has 0 spiro atoms. The Kier molecular flexibility index (Phi) is 7.35. The highest BCUT2D eigenvalue weighted by Gasteiger charge is 2.19. The fraction of sp³-hybridized carbons (Fsp3) is 0.562. The number of amidine groups is 1. The fourth-order valence-corrected chi connectivity index (χ4v) is 3.21. The second kappa shape index (κ2) is 9.52. The van der Waals surface area contributed by atoms with Crippen molar-refractivity contribution < 1.29 is 14.1 Å². The SMILES string of the molecule is NC1=NS(=O)Nc2cccc(OCCCCCCCCCO)c21. The maximum atomic E-state index is 11.5. The van der Waals surface area contributed by atoms with Gasteiger partial charge >= 0.3 is 0 Å². The van der Waals surface area contributed by atoms with Gasteiger partial charge in [-0.25, -0.2) is 4.21 Å². The molecular weight excluding hydrogens is 314 g/mol. The van der Waals surface area contributed by atoms with Gasteiger partial charge in [-0.2, -0.15) is 4.40 Å². The van der Waals surface area contributed by atoms with E-state index < -0.39 is 11.2 Å². The van der Waals surface area contributed by atoms with E-state index in [1.165, 1.54) is 19.3 Å². The molecule has 1 atom stereocenters. The first kappa shape index (κ1) is 17.7. The Labute approximate surface area is 139 Å². The van der Waals surface area contributed by atoms with Crippen LogP contribution in [0.3, 0.4) is 0 Å². The van der Waals surface area contributed by atoms with Crippen LogP contribution in [0.25, 0.3) is 0 Å². The van der Waals surface area contributed by atoms with Gasteiger partial charge in [-0.3, -0.25) is 4.72 Å². The molecule has 23 heavy (non-hydrogen) atoms. The highest BCUT2D eigenvalue weighted by atomic mass is 32.2. The topological polar surface area (TPSA) is 96.9 Å². The highest BCUT2D eigenvalue weighted by Crippen LogP contribution is 2.29. The minimum Gasteiger partial charge on any atom is -0.493 e. The van der Waals surface area contributed by atoms with Gasteiger partial charge in [0.05, 0.1) is 17.9 Å². The van der Waals surface area contributed by atoms with E-state index in [4.69, 9.17) is 15.6 Å². The molecule has 0 saturated carbocycles. The smallest absolute Gasteiger partial charge is 0.245 e. The van der Waals surface area contributed by atoms with Crippen LogP contribution >= 0.6 is 0 Å². The number of hydrogen-bond donors (Lipinski definition) is 3. The maximum Gasteiger partial charge on any atom is 0.245 e. The van der Waals surface area contributed by atoms with Gasteiger partial charge in [-0.1, -0.05) is 38.2 Å². The molecule has 1 heterocycles. The third kappa shape index (κ3) is 5.51. The van der Waals surface area contributed by atoms with E-state index in [1.807, 2.05) is 18.2 Å². The van der Waals surface area contributed by atoms with E-state index in [9.17, 15) is 4.21 Å². The van der Waals surface area contributed by atoms with Gasteiger partial charge in [0, 0.05) is 6.61 Å². The first-order chi connectivity index (χ1) is 11.2. The predicted molar refractivity (Wildman–Crippen MR) is 93.8 cm³/mol. The Morgan fingerprint density at radius 1 is 1.13 bits per heavy atom. The third-order valence-corrected chi connectivity index (χ3v) is 4.48. The Morgan fingerprint density at radius 3 is 2.57 bits per heavy atom. The van der Waals surface area contributed by atoms with E-state index >= 15 is 0 Å². The minimum absolute atomic E-state index is 0.247. The van der Waals surface area contributed by atoms with Gasteiger partial charge in [0.25, 0.3) is 0 Å². The molecule has 2 rings (SSSR count). The molecule has 0 aliphatic carbocycles. The Balaban J connectivity index is 1.73. The number of nitrogens with zero attached hydrogens (tertiary/aromatic N) is 1. The Morgan fingerprint density at radius 2 is 1.83 bits per heavy atom. The van der Waals surface area contributed by atoms with Gasteiger partial charge in [0.2, 0.25) is 11.2 Å². The van der Waals surface area contributed by atoms with Crippen LogP contribution in [0, 0.1) is 0 Å². The van der Waals surface area contributed by atoms with Crippen LogP contribution in [0.1, 0.15) is 50.5 Å². The molecule has 1 aromatic rings. The molecule has 6 nitrogen and oxygen atoms in total. The van der Waals surface area contributed by atoms with Crippen molar-refractivity contribution in [1.82, 2.24) is 0 Å². The average Bonchev–Trinajstić information content (AvgIpc) is 2.52. The second-order valence-corrected chi connectivity index (χ2v) is 6.44. The van der Waals surface area contributed by atoms with E-state index in [0.29, 0.717) is 30.2 Å². The summed E-state index contributed by atoms with van der Waals surface area (Å²) in [7, 11) is 0. The quantitative estimate of drug-likeness (QED) is 0.571. The molecule has 0 radical (unpaired) electrons. The number of aliphatic hydroxyl groups is 1. The lowest BCUT2D eigenvalue weighted by Gasteiger charge is -2.18. The van der Waals surface area contributed by atoms with Crippen molar-refractivity contribution in [3.8, 4) is 5.75 Å². The number of nitrogens with one attached hydrogen (secondary N) is 1. The maximum absolute atomic E-state index is 11.5. The van der Waals surface area contributed by atoms with Crippen molar-refractivity contribution in [2.75, 3.05) is 17.9 Å². The first-order valence-electron chi connectivity index (χ1n) is 8.12. The predicted octanol–water partition coefficient (Wildman–Crippen LogP) is 2.50. The lowest BCUT2D eigenvalue weighted by molar-refractivity contribution is 0.281. The number of rotatable bonds is 10. The van der Waals surface area contributed by atoms with Gasteiger partial charge in [0.1, 0.15) is 11.6 Å². The summed E-state index contributed by atoms with van der Waals surface area (Å²) in [6, 6.07) is 5.51. The monoisotopic (exact) mass is 339 g/mol. The van der Waals surface area contributed by atoms with Crippen LogP contribution in [0.4, 0.5) is 5.69 Å². The number of anilines is 1. The van der Waals surface area contributed by atoms with Gasteiger partial charge < -0.3 is 15.6 Å². The molecule has 0 fully saturated rings. The molecule has 128 valence electrons. The minimum atomic E-state index is -1.51. The zero-order valence-electron chi connectivity index (χ0n) is 13.3. The summed E-state index contributed by atoms with van der Waals surface area (Å²) in [5, 5.41) is 8.71. The summed E-state index contributed by atoms with van der Waals surface area (Å²) in [5.41, 5.74) is 7.25. The summed E-state index contributed by atoms with van der Waals surface area (Å²) in [6.07, 6.45) is 7.70. The molecule has 0 bridgehead atoms. The number of unbranched alkanes of at least 4 members (excludes halogenated alkanes) is 6. The molecule has 1 aliphatic rings. The largest absolute Gasteiger partial charge is 0.493 e. The molecule has 4 N–H and O–H groups in total. The number of benzene rings is 1. The summed E-state index contributed by atoms with van der Waals surface area (Å²) >= 11 is -1.51. The van der Waals surface area contributed by atoms with Gasteiger partial charge in [0.15, 0.2) is 0 Å². The van der Waals surface area contributed by atoms with Crippen LogP contribution in [0.15, 0.2) is 22.6 Å². The molecule has 0 amide bonds. The molecule has 0 saturated heterocycles. The van der Waals surface area contributed by atoms with Gasteiger partial charge in [-0.05, 0) is 25.0 Å². The van der Waals surface area contributed by atoms with Crippen molar-refractivity contribution >= 4 is 22.7 Å². The number of aliphatic hydroxyl groups excluding tert-OH is 1. The number of hydrogen-bond acceptors (Lipinski definition) is 4. The van der Waals surface area contributed by atoms with E-state index in [0.717, 1.165) is 25.7 Å². The normalized spacial score (nSPS) is 16.4. The summed E-state index contributed by atoms with van der Waals surface area (Å²) in [4.78, 5) is 0. The van der Waals surface area contributed by atoms with Crippen molar-refractivity contribution in [3.05, 3.63) is 23.8 Å². The average molecular weight is 339 g/mol. The highest BCUT2D eigenvalue weighted by molar-refractivity contribution is 7.85. The Hall–Kier alpha value is -1.60. The van der Waals surface area contributed by atoms with Crippen LogP contribution < -0.4 is 15.2 Å². The van der Waals surface area contributed by atoms with Crippen LogP contribution in [-0.2, 0) is 11.2 Å². The lowest BCUT2D eigenvalue weighted by Crippen LogP contribution is -2.24. The molecule has 1 unspecified atom stereocenters. The number of ether oxygens (including phenoxy) is 1. The lowest BCUT2D eigenvalue weighted by atomic mass is 10.1. The van der Waals surface area contributed by atoms with E-state index in [2.05, 4.69) is 9.12 Å². The summed E-state index contributed by atoms with van der Waals surface area (Å²) in [5.74, 6) is 0.924. The molecule has 1 aliphatic heterocycles. The van der Waals surface area contributed by atoms with Gasteiger partial charge in [-0.15, -0.1) is 0 Å². The Bertz CT molecular complexity index is 564. The van der Waals surface area contributed by atoms with Crippen LogP contribution in [-0.4, -0.2) is 28.4 Å². The fourth-order valence-electron chi connectivity index (χ4n) is 2.53. The zero-order valence-corrected chi connectivity index (χ0v) is 14.1. The van der Waals surface area contributed by atoms with Crippen molar-refractivity contribution in [3.63, 3.8) is 0 Å².